The van der Waals surface area contributed by atoms with E-state index in [9.17, 15) is 25.2 Å². The summed E-state index contributed by atoms with van der Waals surface area (Å²) in [5.41, 5.74) is 0.444. The van der Waals surface area contributed by atoms with Crippen LogP contribution in [0.4, 0.5) is 0 Å². The minimum Gasteiger partial charge on any atom is -0.502 e. The van der Waals surface area contributed by atoms with Crippen LogP contribution in [0.1, 0.15) is 5.56 Å². The predicted octanol–water partition coefficient (Wildman–Crippen LogP) is -1.23. The van der Waals surface area contributed by atoms with Crippen LogP contribution < -0.4 is 9.47 Å². The van der Waals surface area contributed by atoms with Crippen molar-refractivity contribution < 1.29 is 49.3 Å². The summed E-state index contributed by atoms with van der Waals surface area (Å²) in [6, 6.07) is 2.90. The first-order valence-electron chi connectivity index (χ1n) is 7.96. The Morgan fingerprint density at radius 2 is 1.74 bits per heavy atom. The molecule has 0 radical (unpaired) electrons. The second-order valence-electron chi connectivity index (χ2n) is 5.74. The second kappa shape index (κ2) is 9.02. The number of hydrogen-bond donors (Lipinski definition) is 5. The van der Waals surface area contributed by atoms with Crippen molar-refractivity contribution in [3.63, 3.8) is 0 Å². The Morgan fingerprint density at radius 1 is 1.15 bits per heavy atom. The van der Waals surface area contributed by atoms with Crippen LogP contribution in [0.5, 0.6) is 17.2 Å². The maximum Gasteiger partial charge on any atom is 0.331 e. The summed E-state index contributed by atoms with van der Waals surface area (Å²) in [5.74, 6) is -0.856. The van der Waals surface area contributed by atoms with E-state index >= 15 is 0 Å². The summed E-state index contributed by atoms with van der Waals surface area (Å²) < 4.78 is 19.8. The van der Waals surface area contributed by atoms with Crippen molar-refractivity contribution in [2.45, 2.75) is 30.7 Å². The van der Waals surface area contributed by atoms with Crippen LogP contribution in [0.3, 0.4) is 0 Å². The molecule has 150 valence electrons. The number of methoxy groups -OCH3 is 2. The lowest BCUT2D eigenvalue weighted by atomic mass is 9.99. The number of rotatable bonds is 6. The fourth-order valence-corrected chi connectivity index (χ4v) is 2.55. The molecule has 10 heteroatoms. The van der Waals surface area contributed by atoms with Gasteiger partial charge in [-0.15, -0.1) is 0 Å². The molecule has 1 aliphatic rings. The van der Waals surface area contributed by atoms with Crippen LogP contribution in [0.15, 0.2) is 18.2 Å². The molecule has 0 aliphatic carbocycles. The number of aliphatic hydroxyl groups excluding tert-OH is 4. The number of aromatic hydroxyl groups is 1. The molecule has 0 bridgehead atoms. The molecule has 1 aromatic rings. The van der Waals surface area contributed by atoms with Gasteiger partial charge in [0.2, 0.25) is 5.75 Å². The number of esters is 1. The number of carbonyl (C=O) groups excluding carboxylic acids is 1. The summed E-state index contributed by atoms with van der Waals surface area (Å²) in [4.78, 5) is 12.0. The number of carbonyl (C=O) groups is 1. The lowest BCUT2D eigenvalue weighted by Crippen LogP contribution is -2.59. The van der Waals surface area contributed by atoms with Crippen molar-refractivity contribution in [3.05, 3.63) is 23.8 Å². The summed E-state index contributed by atoms with van der Waals surface area (Å²) in [7, 11) is 2.71. The third kappa shape index (κ3) is 4.67. The van der Waals surface area contributed by atoms with Gasteiger partial charge in [-0.05, 0) is 23.8 Å². The highest BCUT2D eigenvalue weighted by atomic mass is 16.7. The molecule has 0 aromatic heterocycles. The van der Waals surface area contributed by atoms with Gasteiger partial charge in [-0.25, -0.2) is 4.79 Å². The van der Waals surface area contributed by atoms with Gasteiger partial charge in [-0.3, -0.25) is 0 Å². The summed E-state index contributed by atoms with van der Waals surface area (Å²) in [6.45, 7) is -0.637. The molecule has 1 aromatic carbocycles. The van der Waals surface area contributed by atoms with E-state index in [-0.39, 0.29) is 17.2 Å². The van der Waals surface area contributed by atoms with Gasteiger partial charge >= 0.3 is 5.97 Å². The van der Waals surface area contributed by atoms with Gasteiger partial charge in [-0.1, -0.05) is 0 Å². The maximum absolute atomic E-state index is 12.0. The number of aliphatic hydroxyl groups is 4. The fourth-order valence-electron chi connectivity index (χ4n) is 2.55. The van der Waals surface area contributed by atoms with E-state index in [2.05, 4.69) is 0 Å². The molecule has 1 aliphatic heterocycles. The smallest absolute Gasteiger partial charge is 0.331 e. The van der Waals surface area contributed by atoms with Crippen LogP contribution in [-0.2, 0) is 14.3 Å². The van der Waals surface area contributed by atoms with E-state index in [1.807, 2.05) is 0 Å². The average Bonchev–Trinajstić information content (AvgIpc) is 2.67. The summed E-state index contributed by atoms with van der Waals surface area (Å²) >= 11 is 0. The lowest BCUT2D eigenvalue weighted by molar-refractivity contribution is -0.289. The van der Waals surface area contributed by atoms with Crippen molar-refractivity contribution >= 4 is 12.0 Å². The van der Waals surface area contributed by atoms with Crippen molar-refractivity contribution in [1.29, 1.82) is 0 Å². The number of benzene rings is 1. The zero-order chi connectivity index (χ0) is 20.1. The van der Waals surface area contributed by atoms with E-state index in [1.54, 1.807) is 0 Å². The van der Waals surface area contributed by atoms with E-state index in [1.165, 1.54) is 32.4 Å². The van der Waals surface area contributed by atoms with Gasteiger partial charge in [0, 0.05) is 6.08 Å². The zero-order valence-corrected chi connectivity index (χ0v) is 14.7. The number of phenolic OH excluding ortho intramolecular Hbond substituents is 1. The predicted molar refractivity (Wildman–Crippen MR) is 90.1 cm³/mol. The summed E-state index contributed by atoms with van der Waals surface area (Å²) in [5, 5.41) is 48.4. The molecule has 10 nitrogen and oxygen atoms in total. The highest BCUT2D eigenvalue weighted by Gasteiger charge is 2.45. The molecule has 0 saturated carbocycles. The number of hydrogen-bond acceptors (Lipinski definition) is 10. The summed E-state index contributed by atoms with van der Waals surface area (Å²) in [6.07, 6.45) is -5.29. The molecular weight excluding hydrogens is 364 g/mol. The first kappa shape index (κ1) is 20.9. The monoisotopic (exact) mass is 386 g/mol. The van der Waals surface area contributed by atoms with E-state index in [0.717, 1.165) is 6.08 Å². The average molecular weight is 386 g/mol. The van der Waals surface area contributed by atoms with Gasteiger partial charge in [0.25, 0.3) is 0 Å². The molecule has 1 saturated heterocycles. The van der Waals surface area contributed by atoms with Gasteiger partial charge < -0.3 is 44.5 Å². The van der Waals surface area contributed by atoms with Crippen molar-refractivity contribution in [3.8, 4) is 17.2 Å². The van der Waals surface area contributed by atoms with Gasteiger partial charge in [-0.2, -0.15) is 0 Å². The Balaban J connectivity index is 2.12. The quantitative estimate of drug-likeness (QED) is 0.296. The van der Waals surface area contributed by atoms with E-state index < -0.39 is 43.3 Å². The number of phenols is 1. The van der Waals surface area contributed by atoms with Crippen LogP contribution in [-0.4, -0.2) is 83.0 Å². The molecule has 1 heterocycles. The molecule has 5 atom stereocenters. The van der Waals surface area contributed by atoms with E-state index in [4.69, 9.17) is 24.1 Å². The molecule has 27 heavy (non-hydrogen) atoms. The Kier molecular flexibility index (Phi) is 6.99. The maximum atomic E-state index is 12.0. The van der Waals surface area contributed by atoms with E-state index in [0.29, 0.717) is 5.56 Å². The Labute approximate surface area is 154 Å². The highest BCUT2D eigenvalue weighted by molar-refractivity contribution is 5.87. The molecule has 2 rings (SSSR count). The largest absolute Gasteiger partial charge is 0.502 e. The third-order valence-corrected chi connectivity index (χ3v) is 4.01. The van der Waals surface area contributed by atoms with Crippen LogP contribution in [0.25, 0.3) is 6.08 Å². The SMILES string of the molecule is COc1cc(/C=C/C(=O)O[C@@H]2[C@@H](O)[C@H](O)O[C@H](CO)[C@H]2O)cc(OC)c1O. The fraction of sp³-hybridized carbons (Fsp3) is 0.471. The van der Waals surface area contributed by atoms with Gasteiger partial charge in [0.1, 0.15) is 18.3 Å². The van der Waals surface area contributed by atoms with Crippen LogP contribution in [0.2, 0.25) is 0 Å². The second-order valence-corrected chi connectivity index (χ2v) is 5.74. The normalized spacial score (nSPS) is 28.1. The molecule has 0 unspecified atom stereocenters. The first-order chi connectivity index (χ1) is 12.8. The van der Waals surface area contributed by atoms with Crippen LogP contribution in [0, 0.1) is 0 Å². The van der Waals surface area contributed by atoms with Crippen molar-refractivity contribution in [2.75, 3.05) is 20.8 Å². The van der Waals surface area contributed by atoms with Gasteiger partial charge in [0.15, 0.2) is 23.9 Å². The third-order valence-electron chi connectivity index (χ3n) is 4.01. The Hall–Kier alpha value is -2.37. The molecule has 1 fully saturated rings. The molecule has 0 amide bonds. The number of ether oxygens (including phenoxy) is 4. The molecular formula is C17H22O10. The zero-order valence-electron chi connectivity index (χ0n) is 14.7. The molecule has 5 N–H and O–H groups in total. The topological polar surface area (TPSA) is 155 Å². The highest BCUT2D eigenvalue weighted by Crippen LogP contribution is 2.37. The first-order valence-corrected chi connectivity index (χ1v) is 7.96. The van der Waals surface area contributed by atoms with Crippen molar-refractivity contribution in [2.24, 2.45) is 0 Å². The standard InChI is InChI=1S/C17H22O10/c1-24-9-5-8(6-10(25-2)13(9)20)3-4-12(19)27-16-14(21)11(7-18)26-17(23)15(16)22/h3-6,11,14-18,20-23H,7H2,1-2H3/b4-3+/t11-,14-,15-,16+,17-/m1/s1. The van der Waals surface area contributed by atoms with Crippen LogP contribution >= 0.6 is 0 Å². The lowest BCUT2D eigenvalue weighted by Gasteiger charge is -2.39. The van der Waals surface area contributed by atoms with Gasteiger partial charge in [0.05, 0.1) is 20.8 Å². The molecule has 0 spiro atoms. The minimum atomic E-state index is -1.72. The Morgan fingerprint density at radius 3 is 2.26 bits per heavy atom. The minimum absolute atomic E-state index is 0.131. The van der Waals surface area contributed by atoms with Crippen molar-refractivity contribution in [1.82, 2.24) is 0 Å². The Bertz CT molecular complexity index is 663.